The van der Waals surface area contributed by atoms with Gasteiger partial charge in [-0.05, 0) is 30.6 Å². The van der Waals surface area contributed by atoms with Crippen LogP contribution in [0.2, 0.25) is 0 Å². The second-order valence-electron chi connectivity index (χ2n) is 5.16. The van der Waals surface area contributed by atoms with E-state index in [4.69, 9.17) is 5.73 Å². The molecule has 88 valence electrons. The second-order valence-corrected chi connectivity index (χ2v) is 5.16. The molecule has 0 aromatic rings. The maximum Gasteiger partial charge on any atom is 0.224 e. The van der Waals surface area contributed by atoms with Crippen molar-refractivity contribution in [3.63, 3.8) is 0 Å². The zero-order valence-corrected chi connectivity index (χ0v) is 10.2. The molecular formula is C12H24N2O. The normalized spacial score (nSPS) is 20.1. The van der Waals surface area contributed by atoms with E-state index in [1.807, 2.05) is 13.8 Å². The summed E-state index contributed by atoms with van der Waals surface area (Å²) in [6, 6.07) is 0. The van der Waals surface area contributed by atoms with Crippen molar-refractivity contribution in [3.05, 3.63) is 0 Å². The Balaban J connectivity index is 2.34. The Morgan fingerprint density at radius 1 is 1.47 bits per heavy atom. The van der Waals surface area contributed by atoms with Crippen molar-refractivity contribution in [2.45, 2.75) is 40.0 Å². The molecule has 1 rings (SSSR count). The quantitative estimate of drug-likeness (QED) is 0.701. The minimum Gasteiger partial charge on any atom is -0.355 e. The summed E-state index contributed by atoms with van der Waals surface area (Å²) in [6.07, 6.45) is 3.69. The third kappa shape index (κ3) is 3.20. The summed E-state index contributed by atoms with van der Waals surface area (Å²) in [6.45, 7) is 7.57. The lowest BCUT2D eigenvalue weighted by Crippen LogP contribution is -2.40. The van der Waals surface area contributed by atoms with E-state index in [-0.39, 0.29) is 11.8 Å². The smallest absolute Gasteiger partial charge is 0.224 e. The van der Waals surface area contributed by atoms with Crippen LogP contribution >= 0.6 is 0 Å². The molecule has 0 aliphatic heterocycles. The van der Waals surface area contributed by atoms with Crippen LogP contribution in [0.25, 0.3) is 0 Å². The van der Waals surface area contributed by atoms with Gasteiger partial charge < -0.3 is 11.1 Å². The first-order valence-electron chi connectivity index (χ1n) is 6.02. The molecule has 15 heavy (non-hydrogen) atoms. The van der Waals surface area contributed by atoms with Gasteiger partial charge in [0.15, 0.2) is 0 Å². The molecule has 0 heterocycles. The van der Waals surface area contributed by atoms with Gasteiger partial charge in [-0.1, -0.05) is 20.8 Å². The lowest BCUT2D eigenvalue weighted by Gasteiger charge is -2.20. The van der Waals surface area contributed by atoms with E-state index in [2.05, 4.69) is 12.2 Å². The summed E-state index contributed by atoms with van der Waals surface area (Å²) in [5.74, 6) is 0.427. The molecule has 3 heteroatoms. The number of carbonyl (C=O) groups is 1. The van der Waals surface area contributed by atoms with E-state index in [0.717, 1.165) is 6.54 Å². The molecule has 0 saturated heterocycles. The number of nitrogens with one attached hydrogen (secondary N) is 1. The molecule has 1 unspecified atom stereocenters. The van der Waals surface area contributed by atoms with E-state index in [1.54, 1.807) is 0 Å². The Labute approximate surface area is 92.8 Å². The van der Waals surface area contributed by atoms with Crippen LogP contribution < -0.4 is 11.1 Å². The predicted octanol–water partition coefficient (Wildman–Crippen LogP) is 1.52. The average Bonchev–Trinajstić information content (AvgIpc) is 2.96. The van der Waals surface area contributed by atoms with Crippen molar-refractivity contribution >= 4 is 5.91 Å². The first kappa shape index (κ1) is 12.5. The van der Waals surface area contributed by atoms with E-state index in [0.29, 0.717) is 17.9 Å². The third-order valence-electron chi connectivity index (χ3n) is 3.74. The fourth-order valence-corrected chi connectivity index (χ4v) is 1.92. The van der Waals surface area contributed by atoms with Gasteiger partial charge in [0.2, 0.25) is 5.91 Å². The van der Waals surface area contributed by atoms with Crippen LogP contribution in [0.1, 0.15) is 40.0 Å². The zero-order valence-electron chi connectivity index (χ0n) is 10.2. The largest absolute Gasteiger partial charge is 0.355 e. The number of amides is 1. The molecule has 3 N–H and O–H groups in total. The van der Waals surface area contributed by atoms with Gasteiger partial charge in [-0.25, -0.2) is 0 Å². The van der Waals surface area contributed by atoms with Crippen LogP contribution in [0, 0.1) is 17.3 Å². The monoisotopic (exact) mass is 212 g/mol. The molecule has 1 saturated carbocycles. The molecule has 0 bridgehead atoms. The Morgan fingerprint density at radius 3 is 2.40 bits per heavy atom. The first-order chi connectivity index (χ1) is 7.04. The van der Waals surface area contributed by atoms with Crippen molar-refractivity contribution in [3.8, 4) is 0 Å². The highest BCUT2D eigenvalue weighted by molar-refractivity contribution is 5.79. The third-order valence-corrected chi connectivity index (χ3v) is 3.74. The minimum absolute atomic E-state index is 0.0299. The molecule has 1 amide bonds. The summed E-state index contributed by atoms with van der Waals surface area (Å²) in [5, 5.41) is 3.05. The Hall–Kier alpha value is -0.570. The number of rotatable bonds is 6. The lowest BCUT2D eigenvalue weighted by atomic mass is 9.94. The van der Waals surface area contributed by atoms with Crippen molar-refractivity contribution in [1.82, 2.24) is 5.32 Å². The van der Waals surface area contributed by atoms with Gasteiger partial charge in [0, 0.05) is 13.1 Å². The molecule has 1 aliphatic rings. The Bertz CT molecular complexity index is 222. The number of nitrogens with two attached hydrogens (primary N) is 1. The average molecular weight is 212 g/mol. The molecule has 0 radical (unpaired) electrons. The van der Waals surface area contributed by atoms with Gasteiger partial charge in [0.05, 0.1) is 5.92 Å². The van der Waals surface area contributed by atoms with Gasteiger partial charge in [-0.3, -0.25) is 4.79 Å². The van der Waals surface area contributed by atoms with Crippen LogP contribution in [0.5, 0.6) is 0 Å². The van der Waals surface area contributed by atoms with E-state index in [1.165, 1.54) is 19.3 Å². The van der Waals surface area contributed by atoms with Crippen molar-refractivity contribution in [2.75, 3.05) is 13.1 Å². The summed E-state index contributed by atoms with van der Waals surface area (Å²) >= 11 is 0. The van der Waals surface area contributed by atoms with Gasteiger partial charge in [0.25, 0.3) is 0 Å². The van der Waals surface area contributed by atoms with Gasteiger partial charge in [-0.2, -0.15) is 0 Å². The summed E-state index contributed by atoms with van der Waals surface area (Å²) in [5.41, 5.74) is 6.02. The zero-order chi connectivity index (χ0) is 11.5. The molecule has 1 fully saturated rings. The summed E-state index contributed by atoms with van der Waals surface area (Å²) in [7, 11) is 0. The first-order valence-corrected chi connectivity index (χ1v) is 6.02. The molecule has 3 nitrogen and oxygen atoms in total. The van der Waals surface area contributed by atoms with Crippen LogP contribution in [0.15, 0.2) is 0 Å². The fourth-order valence-electron chi connectivity index (χ4n) is 1.92. The van der Waals surface area contributed by atoms with Gasteiger partial charge in [-0.15, -0.1) is 0 Å². The molecular weight excluding hydrogens is 188 g/mol. The van der Waals surface area contributed by atoms with Crippen LogP contribution in [0.3, 0.4) is 0 Å². The Morgan fingerprint density at radius 2 is 2.07 bits per heavy atom. The highest BCUT2D eigenvalue weighted by atomic mass is 16.1. The van der Waals surface area contributed by atoms with Crippen molar-refractivity contribution in [1.29, 1.82) is 0 Å². The predicted molar refractivity (Wildman–Crippen MR) is 62.4 cm³/mol. The highest BCUT2D eigenvalue weighted by Gasteiger charge is 2.41. The molecule has 0 spiro atoms. The fraction of sp³-hybridized carbons (Fsp3) is 0.917. The van der Waals surface area contributed by atoms with E-state index in [9.17, 15) is 4.79 Å². The number of hydrogen-bond donors (Lipinski definition) is 2. The number of carbonyl (C=O) groups excluding carboxylic acids is 1. The minimum atomic E-state index is -0.0299. The topological polar surface area (TPSA) is 55.1 Å². The van der Waals surface area contributed by atoms with Gasteiger partial charge >= 0.3 is 0 Å². The summed E-state index contributed by atoms with van der Waals surface area (Å²) < 4.78 is 0. The number of hydrogen-bond acceptors (Lipinski definition) is 2. The van der Waals surface area contributed by atoms with Crippen LogP contribution in [-0.4, -0.2) is 19.0 Å². The van der Waals surface area contributed by atoms with Crippen molar-refractivity contribution in [2.24, 2.45) is 23.0 Å². The SMILES string of the molecule is CCC1(CNC(=O)C(CN)C(C)C)CC1. The highest BCUT2D eigenvalue weighted by Crippen LogP contribution is 2.47. The van der Waals surface area contributed by atoms with Crippen LogP contribution in [-0.2, 0) is 4.79 Å². The van der Waals surface area contributed by atoms with E-state index < -0.39 is 0 Å². The van der Waals surface area contributed by atoms with Crippen LogP contribution in [0.4, 0.5) is 0 Å². The van der Waals surface area contributed by atoms with Crippen molar-refractivity contribution < 1.29 is 4.79 Å². The van der Waals surface area contributed by atoms with E-state index >= 15 is 0 Å². The maximum atomic E-state index is 11.8. The van der Waals surface area contributed by atoms with Gasteiger partial charge in [0.1, 0.15) is 0 Å². The summed E-state index contributed by atoms with van der Waals surface area (Å²) in [4.78, 5) is 11.8. The molecule has 0 aromatic heterocycles. The maximum absolute atomic E-state index is 11.8. The molecule has 1 aliphatic carbocycles. The molecule has 1 atom stereocenters. The lowest BCUT2D eigenvalue weighted by molar-refractivity contribution is -0.126. The standard InChI is InChI=1S/C12H24N2O/c1-4-12(5-6-12)8-14-11(15)10(7-13)9(2)3/h9-10H,4-8,13H2,1-3H3,(H,14,15). The Kier molecular flexibility index (Phi) is 4.14. The second kappa shape index (κ2) is 4.97. The molecule has 0 aromatic carbocycles.